The van der Waals surface area contributed by atoms with E-state index in [0.29, 0.717) is 22.9 Å². The van der Waals surface area contributed by atoms with Gasteiger partial charge >= 0.3 is 0 Å². The Balaban J connectivity index is 1.79. The van der Waals surface area contributed by atoms with Gasteiger partial charge in [-0.25, -0.2) is 4.90 Å². The quantitative estimate of drug-likeness (QED) is 0.655. The first-order chi connectivity index (χ1) is 14.9. The predicted molar refractivity (Wildman–Crippen MR) is 123 cm³/mol. The number of rotatable bonds is 5. The largest absolute Gasteiger partial charge is 0.491 e. The lowest BCUT2D eigenvalue weighted by Gasteiger charge is -2.33. The van der Waals surface area contributed by atoms with Crippen molar-refractivity contribution in [3.8, 4) is 5.75 Å². The summed E-state index contributed by atoms with van der Waals surface area (Å²) < 4.78 is 5.75. The minimum Gasteiger partial charge on any atom is -0.491 e. The van der Waals surface area contributed by atoms with Gasteiger partial charge in [0.2, 0.25) is 0 Å². The fourth-order valence-corrected chi connectivity index (χ4v) is 4.47. The number of hydrogen-bond acceptors (Lipinski definition) is 4. The van der Waals surface area contributed by atoms with Crippen molar-refractivity contribution in [2.45, 2.75) is 46.6 Å². The monoisotopic (exact) mass is 418 g/mol. The molecule has 5 heteroatoms. The zero-order chi connectivity index (χ0) is 22.1. The van der Waals surface area contributed by atoms with Crippen LogP contribution in [0.4, 0.5) is 5.69 Å². The normalized spacial score (nSPS) is 19.6. The number of piperidine rings is 1. The summed E-state index contributed by atoms with van der Waals surface area (Å²) in [6.45, 7) is 9.66. The van der Waals surface area contributed by atoms with Gasteiger partial charge in [-0.05, 0) is 68.9 Å². The Morgan fingerprint density at radius 3 is 2.35 bits per heavy atom. The maximum absolute atomic E-state index is 13.7. The first-order valence-electron chi connectivity index (χ1n) is 11.1. The zero-order valence-electron chi connectivity index (χ0n) is 18.7. The van der Waals surface area contributed by atoms with Crippen LogP contribution in [0.1, 0.15) is 44.7 Å². The van der Waals surface area contributed by atoms with Gasteiger partial charge in [0.25, 0.3) is 11.8 Å². The third kappa shape index (κ3) is 4.09. The molecule has 1 saturated heterocycles. The van der Waals surface area contributed by atoms with Gasteiger partial charge in [0.05, 0.1) is 17.4 Å². The summed E-state index contributed by atoms with van der Waals surface area (Å²) in [6, 6.07) is 15.0. The predicted octanol–water partition coefficient (Wildman–Crippen LogP) is 4.80. The van der Waals surface area contributed by atoms with Gasteiger partial charge in [-0.15, -0.1) is 0 Å². The van der Waals surface area contributed by atoms with Gasteiger partial charge in [0.15, 0.2) is 0 Å². The number of carbonyl (C=O) groups is 2. The van der Waals surface area contributed by atoms with Crippen LogP contribution in [0.3, 0.4) is 0 Å². The van der Waals surface area contributed by atoms with Crippen molar-refractivity contribution in [1.29, 1.82) is 0 Å². The summed E-state index contributed by atoms with van der Waals surface area (Å²) in [5.41, 5.74) is 3.31. The van der Waals surface area contributed by atoms with E-state index in [1.807, 2.05) is 69.3 Å². The lowest BCUT2D eigenvalue weighted by Crippen LogP contribution is -2.39. The molecule has 2 aromatic rings. The van der Waals surface area contributed by atoms with E-state index in [1.165, 1.54) is 4.90 Å². The number of nitrogens with zero attached hydrogens (tertiary/aromatic N) is 2. The molecule has 0 saturated carbocycles. The second-order valence-electron chi connectivity index (χ2n) is 8.84. The number of anilines is 1. The van der Waals surface area contributed by atoms with Gasteiger partial charge in [-0.3, -0.25) is 9.59 Å². The second kappa shape index (κ2) is 8.58. The Morgan fingerprint density at radius 2 is 1.71 bits per heavy atom. The molecule has 2 aliphatic heterocycles. The topological polar surface area (TPSA) is 49.9 Å². The molecule has 0 bridgehead atoms. The van der Waals surface area contributed by atoms with Crippen LogP contribution in [-0.2, 0) is 9.59 Å². The molecule has 0 radical (unpaired) electrons. The highest BCUT2D eigenvalue weighted by atomic mass is 16.5. The molecule has 0 N–H and O–H groups in total. The van der Waals surface area contributed by atoms with Crippen LogP contribution in [0.15, 0.2) is 54.2 Å². The van der Waals surface area contributed by atoms with Gasteiger partial charge in [-0.2, -0.15) is 0 Å². The van der Waals surface area contributed by atoms with E-state index in [4.69, 9.17) is 4.74 Å². The summed E-state index contributed by atoms with van der Waals surface area (Å²) >= 11 is 0. The lowest BCUT2D eigenvalue weighted by molar-refractivity contribution is -0.120. The van der Waals surface area contributed by atoms with Crippen LogP contribution in [-0.4, -0.2) is 35.9 Å². The number of imide groups is 1. The SMILES string of the molecule is Cc1ccccc1N1C(=O)C(c2ccc(OC(C)C)cc2)=C(N2CCCC(C)C2)C1=O. The summed E-state index contributed by atoms with van der Waals surface area (Å²) in [6.07, 6.45) is 2.23. The fraction of sp³-hybridized carbons (Fsp3) is 0.385. The molecule has 2 heterocycles. The van der Waals surface area contributed by atoms with Crippen LogP contribution >= 0.6 is 0 Å². The molecular formula is C26H30N2O3. The van der Waals surface area contributed by atoms with Gasteiger partial charge in [0, 0.05) is 13.1 Å². The molecule has 1 unspecified atom stereocenters. The molecule has 162 valence electrons. The average Bonchev–Trinajstić information content (AvgIpc) is 2.99. The first-order valence-corrected chi connectivity index (χ1v) is 11.1. The molecule has 2 amide bonds. The van der Waals surface area contributed by atoms with Crippen molar-refractivity contribution in [2.75, 3.05) is 18.0 Å². The number of amides is 2. The van der Waals surface area contributed by atoms with Crippen LogP contribution < -0.4 is 9.64 Å². The molecule has 5 nitrogen and oxygen atoms in total. The number of para-hydroxylation sites is 1. The van der Waals surface area contributed by atoms with Gasteiger partial charge in [-0.1, -0.05) is 37.3 Å². The number of hydrogen-bond donors (Lipinski definition) is 0. The van der Waals surface area contributed by atoms with E-state index in [0.717, 1.165) is 42.8 Å². The van der Waals surface area contributed by atoms with Crippen molar-refractivity contribution >= 4 is 23.1 Å². The number of aryl methyl sites for hydroxylation is 1. The highest BCUT2D eigenvalue weighted by Gasteiger charge is 2.43. The molecule has 1 fully saturated rings. The lowest BCUT2D eigenvalue weighted by atomic mass is 9.97. The highest BCUT2D eigenvalue weighted by Crippen LogP contribution is 2.37. The zero-order valence-corrected chi connectivity index (χ0v) is 18.7. The maximum Gasteiger partial charge on any atom is 0.282 e. The molecule has 4 rings (SSSR count). The Labute approximate surface area is 184 Å². The molecule has 1 atom stereocenters. The minimum atomic E-state index is -0.259. The van der Waals surface area contributed by atoms with Crippen LogP contribution in [0.2, 0.25) is 0 Å². The van der Waals surface area contributed by atoms with E-state index >= 15 is 0 Å². The van der Waals surface area contributed by atoms with Crippen molar-refractivity contribution < 1.29 is 14.3 Å². The number of carbonyl (C=O) groups excluding carboxylic acids is 2. The smallest absolute Gasteiger partial charge is 0.282 e. The number of ether oxygens (including phenoxy) is 1. The molecular weight excluding hydrogens is 388 g/mol. The fourth-order valence-electron chi connectivity index (χ4n) is 4.47. The molecule has 0 aromatic heterocycles. The minimum absolute atomic E-state index is 0.0710. The molecule has 2 aliphatic rings. The Hall–Kier alpha value is -3.08. The van der Waals surface area contributed by atoms with E-state index in [-0.39, 0.29) is 17.9 Å². The van der Waals surface area contributed by atoms with Crippen molar-refractivity contribution in [2.24, 2.45) is 5.92 Å². The number of benzene rings is 2. The van der Waals surface area contributed by atoms with Crippen molar-refractivity contribution in [3.63, 3.8) is 0 Å². The van der Waals surface area contributed by atoms with Crippen LogP contribution in [0, 0.1) is 12.8 Å². The average molecular weight is 419 g/mol. The third-order valence-corrected chi connectivity index (χ3v) is 5.90. The standard InChI is InChI=1S/C26H30N2O3/c1-17(2)31-21-13-11-20(12-14-21)23-24(27-15-7-8-18(3)16-27)26(30)28(25(23)29)22-10-6-5-9-19(22)4/h5-6,9-14,17-18H,7-8,15-16H2,1-4H3. The Morgan fingerprint density at radius 1 is 1.00 bits per heavy atom. The summed E-state index contributed by atoms with van der Waals surface area (Å²) in [5.74, 6) is 0.746. The molecule has 2 aromatic carbocycles. The Kier molecular flexibility index (Phi) is 5.86. The third-order valence-electron chi connectivity index (χ3n) is 5.90. The van der Waals surface area contributed by atoms with E-state index in [1.54, 1.807) is 0 Å². The highest BCUT2D eigenvalue weighted by molar-refractivity contribution is 6.45. The summed E-state index contributed by atoms with van der Waals surface area (Å²) in [5, 5.41) is 0. The molecule has 0 spiro atoms. The summed E-state index contributed by atoms with van der Waals surface area (Å²) in [4.78, 5) is 30.8. The first kappa shape index (κ1) is 21.2. The van der Waals surface area contributed by atoms with E-state index in [2.05, 4.69) is 11.8 Å². The van der Waals surface area contributed by atoms with Crippen LogP contribution in [0.25, 0.3) is 5.57 Å². The van der Waals surface area contributed by atoms with Crippen molar-refractivity contribution in [1.82, 2.24) is 4.90 Å². The second-order valence-corrected chi connectivity index (χ2v) is 8.84. The maximum atomic E-state index is 13.7. The Bertz CT molecular complexity index is 1020. The van der Waals surface area contributed by atoms with Gasteiger partial charge < -0.3 is 9.64 Å². The summed E-state index contributed by atoms with van der Waals surface area (Å²) in [7, 11) is 0. The van der Waals surface area contributed by atoms with E-state index in [9.17, 15) is 9.59 Å². The van der Waals surface area contributed by atoms with Crippen molar-refractivity contribution in [3.05, 3.63) is 65.4 Å². The molecule has 31 heavy (non-hydrogen) atoms. The number of likely N-dealkylation sites (tertiary alicyclic amines) is 1. The van der Waals surface area contributed by atoms with Gasteiger partial charge in [0.1, 0.15) is 11.4 Å². The molecule has 0 aliphatic carbocycles. The van der Waals surface area contributed by atoms with E-state index < -0.39 is 0 Å². The van der Waals surface area contributed by atoms with Crippen LogP contribution in [0.5, 0.6) is 5.75 Å².